The van der Waals surface area contributed by atoms with E-state index in [0.29, 0.717) is 19.5 Å². The number of piperidine rings is 1. The van der Waals surface area contributed by atoms with Crippen LogP contribution in [0.1, 0.15) is 44.9 Å². The summed E-state index contributed by atoms with van der Waals surface area (Å²) in [6.45, 7) is 8.25. The maximum Gasteiger partial charge on any atom is 0.239 e. The van der Waals surface area contributed by atoms with Crippen LogP contribution in [-0.4, -0.2) is 47.9 Å². The molecule has 1 saturated heterocycles. The predicted octanol–water partition coefficient (Wildman–Crippen LogP) is 3.45. The highest BCUT2D eigenvalue weighted by atomic mass is 32.2. The van der Waals surface area contributed by atoms with Crippen LogP contribution in [0.5, 0.6) is 0 Å². The fraction of sp³-hybridized carbons (Fsp3) is 0.524. The van der Waals surface area contributed by atoms with Gasteiger partial charge in [0.15, 0.2) is 0 Å². The van der Waals surface area contributed by atoms with E-state index in [-0.39, 0.29) is 5.41 Å². The molecule has 7 nitrogen and oxygen atoms in total. The van der Waals surface area contributed by atoms with E-state index in [4.69, 9.17) is 10.1 Å². The third kappa shape index (κ3) is 3.28. The number of rotatable bonds is 3. The molecule has 1 unspecified atom stereocenters. The van der Waals surface area contributed by atoms with Crippen LogP contribution >= 0.6 is 11.3 Å². The Morgan fingerprint density at radius 3 is 2.73 bits per heavy atom. The van der Waals surface area contributed by atoms with E-state index in [2.05, 4.69) is 25.7 Å². The second kappa shape index (κ2) is 6.95. The zero-order valence-corrected chi connectivity index (χ0v) is 19.2. The van der Waals surface area contributed by atoms with Crippen LogP contribution in [0.2, 0.25) is 0 Å². The van der Waals surface area contributed by atoms with Gasteiger partial charge in [-0.2, -0.15) is 0 Å². The Labute approximate surface area is 181 Å². The van der Waals surface area contributed by atoms with E-state index in [9.17, 15) is 8.42 Å². The average molecular weight is 446 g/mol. The van der Waals surface area contributed by atoms with Gasteiger partial charge in [0, 0.05) is 25.0 Å². The molecule has 1 atom stereocenters. The molecule has 2 aromatic heterocycles. The van der Waals surface area contributed by atoms with Crippen molar-refractivity contribution in [1.82, 2.24) is 14.6 Å². The molecule has 1 fully saturated rings. The zero-order valence-electron chi connectivity index (χ0n) is 17.6. The molecule has 9 heteroatoms. The second-order valence-corrected chi connectivity index (χ2v) is 12.3. The van der Waals surface area contributed by atoms with Gasteiger partial charge in [-0.25, -0.2) is 17.9 Å². The second-order valence-electron chi connectivity index (χ2n) is 9.19. The van der Waals surface area contributed by atoms with Gasteiger partial charge in [-0.05, 0) is 30.9 Å². The van der Waals surface area contributed by atoms with Gasteiger partial charge in [-0.3, -0.25) is 4.31 Å². The van der Waals surface area contributed by atoms with Gasteiger partial charge in [0.25, 0.3) is 0 Å². The molecule has 0 aliphatic carbocycles. The smallest absolute Gasteiger partial charge is 0.239 e. The summed E-state index contributed by atoms with van der Waals surface area (Å²) >= 11 is 1.53. The predicted molar refractivity (Wildman–Crippen MR) is 121 cm³/mol. The number of aromatic nitrogens is 3. The van der Waals surface area contributed by atoms with Crippen molar-refractivity contribution in [3.63, 3.8) is 0 Å². The number of benzene rings is 1. The summed E-state index contributed by atoms with van der Waals surface area (Å²) in [6.07, 6.45) is 4.29. The summed E-state index contributed by atoms with van der Waals surface area (Å²) in [5.74, 6) is 0. The van der Waals surface area contributed by atoms with Crippen molar-refractivity contribution in [2.24, 2.45) is 0 Å². The van der Waals surface area contributed by atoms with Gasteiger partial charge in [-0.15, -0.1) is 5.10 Å². The Morgan fingerprint density at radius 1 is 1.17 bits per heavy atom. The summed E-state index contributed by atoms with van der Waals surface area (Å²) in [5.41, 5.74) is 2.95. The van der Waals surface area contributed by atoms with Crippen LogP contribution in [0, 0.1) is 0 Å². The van der Waals surface area contributed by atoms with Crippen molar-refractivity contribution in [1.29, 1.82) is 0 Å². The molecule has 0 spiro atoms. The first kappa shape index (κ1) is 19.8. The van der Waals surface area contributed by atoms with E-state index in [0.717, 1.165) is 46.4 Å². The maximum atomic E-state index is 13.5. The van der Waals surface area contributed by atoms with Crippen LogP contribution in [-0.2, 0) is 21.9 Å². The van der Waals surface area contributed by atoms with Crippen LogP contribution in [0.25, 0.3) is 4.96 Å². The summed E-state index contributed by atoms with van der Waals surface area (Å²) in [5, 5.41) is 5.14. The van der Waals surface area contributed by atoms with Gasteiger partial charge in [0.2, 0.25) is 20.1 Å². The lowest BCUT2D eigenvalue weighted by Gasteiger charge is -2.34. The monoisotopic (exact) mass is 445 g/mol. The van der Waals surface area contributed by atoms with E-state index < -0.39 is 15.3 Å². The molecule has 0 N–H and O–H groups in total. The molecule has 0 saturated carbocycles. The van der Waals surface area contributed by atoms with Crippen LogP contribution in [0.3, 0.4) is 0 Å². The van der Waals surface area contributed by atoms with E-state index in [1.807, 2.05) is 35.0 Å². The molecule has 5 rings (SSSR count). The molecule has 160 valence electrons. The number of imidazole rings is 1. The van der Waals surface area contributed by atoms with E-state index in [1.54, 1.807) is 4.31 Å². The van der Waals surface area contributed by atoms with Gasteiger partial charge in [0.1, 0.15) is 0 Å². The maximum absolute atomic E-state index is 13.5. The van der Waals surface area contributed by atoms with Crippen LogP contribution in [0.15, 0.2) is 30.5 Å². The van der Waals surface area contributed by atoms with Crippen molar-refractivity contribution >= 4 is 37.1 Å². The zero-order chi connectivity index (χ0) is 21.1. The third-order valence-corrected chi connectivity index (χ3v) is 9.23. The minimum atomic E-state index is -3.41. The molecule has 2 aliphatic rings. The number of fused-ring (bicyclic) bond motifs is 2. The van der Waals surface area contributed by atoms with Gasteiger partial charge in [-0.1, -0.05) is 50.3 Å². The highest BCUT2D eigenvalue weighted by Crippen LogP contribution is 2.35. The van der Waals surface area contributed by atoms with Gasteiger partial charge in [0.05, 0.1) is 22.8 Å². The Bertz CT molecular complexity index is 1160. The highest BCUT2D eigenvalue weighted by molar-refractivity contribution is 7.93. The first-order chi connectivity index (χ1) is 14.2. The van der Waals surface area contributed by atoms with Crippen LogP contribution in [0.4, 0.5) is 10.8 Å². The molecule has 0 amide bonds. The molecule has 30 heavy (non-hydrogen) atoms. The van der Waals surface area contributed by atoms with Crippen molar-refractivity contribution in [2.75, 3.05) is 28.8 Å². The number of hydrogen-bond acceptors (Lipinski definition) is 6. The molecule has 3 aromatic rings. The van der Waals surface area contributed by atoms with Gasteiger partial charge >= 0.3 is 0 Å². The fourth-order valence-electron chi connectivity index (χ4n) is 4.29. The molecule has 4 heterocycles. The molecular weight excluding hydrogens is 418 g/mol. The van der Waals surface area contributed by atoms with Crippen molar-refractivity contribution in [3.8, 4) is 0 Å². The van der Waals surface area contributed by atoms with E-state index in [1.165, 1.54) is 11.3 Å². The number of anilines is 2. The lowest BCUT2D eigenvalue weighted by molar-refractivity contribution is 0.528. The normalized spacial score (nSPS) is 20.2. The number of nitrogens with zero attached hydrogens (tertiary/aromatic N) is 5. The minimum absolute atomic E-state index is 0.0239. The molecule has 0 bridgehead atoms. The first-order valence-corrected chi connectivity index (χ1v) is 12.8. The molecule has 0 radical (unpaired) electrons. The lowest BCUT2D eigenvalue weighted by atomic mass is 9.93. The summed E-state index contributed by atoms with van der Waals surface area (Å²) < 4.78 is 30.4. The fourth-order valence-corrected chi connectivity index (χ4v) is 7.19. The molecule has 1 aromatic carbocycles. The van der Waals surface area contributed by atoms with Crippen molar-refractivity contribution in [3.05, 3.63) is 41.7 Å². The van der Waals surface area contributed by atoms with Crippen molar-refractivity contribution in [2.45, 2.75) is 50.7 Å². The van der Waals surface area contributed by atoms with Crippen LogP contribution < -0.4 is 9.21 Å². The largest absolute Gasteiger partial charge is 0.345 e. The number of hydrogen-bond donors (Lipinski definition) is 0. The lowest BCUT2D eigenvalue weighted by Crippen LogP contribution is -2.47. The Kier molecular flexibility index (Phi) is 4.59. The van der Waals surface area contributed by atoms with Gasteiger partial charge < -0.3 is 4.90 Å². The summed E-state index contributed by atoms with van der Waals surface area (Å²) in [4.78, 5) is 7.69. The SMILES string of the molecule is CC(C)(C)c1cn2nc(N3CCCC(S(=O)(=O)N4CCc5ccccc54)C3)sc2n1. The molecular formula is C21H27N5O2S2. The van der Waals surface area contributed by atoms with Crippen molar-refractivity contribution < 1.29 is 8.42 Å². The summed E-state index contributed by atoms with van der Waals surface area (Å²) in [6, 6.07) is 7.83. The number of sulfonamides is 1. The average Bonchev–Trinajstić information content (AvgIpc) is 3.40. The Morgan fingerprint density at radius 2 is 1.97 bits per heavy atom. The standard InChI is InChI=1S/C21H27N5O2S2/c1-21(2,3)18-14-25-19(22-18)29-20(23-25)24-11-6-8-16(13-24)30(27,28)26-12-10-15-7-4-5-9-17(15)26/h4-5,7,9,14,16H,6,8,10-13H2,1-3H3. The summed E-state index contributed by atoms with van der Waals surface area (Å²) in [7, 11) is -3.41. The first-order valence-electron chi connectivity index (χ1n) is 10.4. The van der Waals surface area contributed by atoms with E-state index >= 15 is 0 Å². The number of para-hydroxylation sites is 1. The minimum Gasteiger partial charge on any atom is -0.345 e. The highest BCUT2D eigenvalue weighted by Gasteiger charge is 2.39. The Balaban J connectivity index is 1.38. The topological polar surface area (TPSA) is 70.8 Å². The third-order valence-electron chi connectivity index (χ3n) is 6.02. The Hall–Kier alpha value is -2.13. The quantitative estimate of drug-likeness (QED) is 0.618. The molecule has 2 aliphatic heterocycles.